The number of likely N-dealkylation sites (N-methyl/N-ethyl adjacent to an activating group) is 1. The predicted molar refractivity (Wildman–Crippen MR) is 125 cm³/mol. The Morgan fingerprint density at radius 2 is 1.68 bits per heavy atom. The Labute approximate surface area is 187 Å². The number of carbonyl (C=O) groups is 1. The van der Waals surface area contributed by atoms with Gasteiger partial charge >= 0.3 is 0 Å². The SMILES string of the molecule is CN(C)CCNC(=O)CNc1nnc(-c2ccccc2)c(Cl)c1C(=N)c1ccccc1. The molecule has 0 fully saturated rings. The minimum atomic E-state index is -0.177. The second-order valence-electron chi connectivity index (χ2n) is 7.20. The lowest BCUT2D eigenvalue weighted by molar-refractivity contribution is -0.119. The molecule has 7 nitrogen and oxygen atoms in total. The van der Waals surface area contributed by atoms with Gasteiger partial charge in [-0.3, -0.25) is 10.2 Å². The Bertz CT molecular complexity index is 1040. The summed E-state index contributed by atoms with van der Waals surface area (Å²) in [6.45, 7) is 1.28. The third kappa shape index (κ3) is 5.87. The molecule has 1 amide bonds. The van der Waals surface area contributed by atoms with Crippen molar-refractivity contribution in [1.82, 2.24) is 20.4 Å². The maximum atomic E-state index is 12.2. The van der Waals surface area contributed by atoms with Gasteiger partial charge in [-0.05, 0) is 14.1 Å². The number of benzene rings is 2. The van der Waals surface area contributed by atoms with Gasteiger partial charge in [0.25, 0.3) is 0 Å². The van der Waals surface area contributed by atoms with Crippen molar-refractivity contribution in [3.63, 3.8) is 0 Å². The van der Waals surface area contributed by atoms with Gasteiger partial charge in [0, 0.05) is 24.2 Å². The number of carbonyl (C=O) groups excluding carboxylic acids is 1. The van der Waals surface area contributed by atoms with Gasteiger partial charge in [0.05, 0.1) is 22.8 Å². The third-order valence-corrected chi connectivity index (χ3v) is 4.94. The molecule has 0 aliphatic rings. The van der Waals surface area contributed by atoms with Crippen molar-refractivity contribution in [1.29, 1.82) is 5.41 Å². The number of hydrogen-bond donors (Lipinski definition) is 3. The molecule has 0 unspecified atom stereocenters. The third-order valence-electron chi connectivity index (χ3n) is 4.57. The van der Waals surface area contributed by atoms with E-state index in [4.69, 9.17) is 17.0 Å². The van der Waals surface area contributed by atoms with Crippen molar-refractivity contribution in [3.05, 3.63) is 76.8 Å². The van der Waals surface area contributed by atoms with E-state index in [9.17, 15) is 4.79 Å². The normalized spacial score (nSPS) is 10.7. The molecule has 31 heavy (non-hydrogen) atoms. The Morgan fingerprint density at radius 1 is 1.03 bits per heavy atom. The Morgan fingerprint density at radius 3 is 2.32 bits per heavy atom. The summed E-state index contributed by atoms with van der Waals surface area (Å²) in [5, 5.41) is 23.4. The van der Waals surface area contributed by atoms with E-state index in [1.165, 1.54) is 0 Å². The summed E-state index contributed by atoms with van der Waals surface area (Å²) in [6.07, 6.45) is 0. The highest BCUT2D eigenvalue weighted by atomic mass is 35.5. The first-order valence-corrected chi connectivity index (χ1v) is 10.3. The first-order valence-electron chi connectivity index (χ1n) is 9.88. The summed E-state index contributed by atoms with van der Waals surface area (Å²) in [7, 11) is 3.88. The van der Waals surface area contributed by atoms with Gasteiger partial charge in [-0.1, -0.05) is 72.3 Å². The number of aromatic nitrogens is 2. The number of rotatable bonds is 9. The maximum absolute atomic E-state index is 12.2. The molecule has 0 saturated carbocycles. The van der Waals surface area contributed by atoms with Crippen LogP contribution in [0, 0.1) is 5.41 Å². The van der Waals surface area contributed by atoms with E-state index in [1.54, 1.807) is 0 Å². The fourth-order valence-electron chi connectivity index (χ4n) is 2.94. The van der Waals surface area contributed by atoms with Gasteiger partial charge in [0.1, 0.15) is 5.69 Å². The van der Waals surface area contributed by atoms with Crippen LogP contribution in [-0.2, 0) is 4.79 Å². The smallest absolute Gasteiger partial charge is 0.239 e. The summed E-state index contributed by atoms with van der Waals surface area (Å²) in [5.41, 5.74) is 2.58. The van der Waals surface area contributed by atoms with Crippen molar-refractivity contribution < 1.29 is 4.79 Å². The average molecular weight is 437 g/mol. The lowest BCUT2D eigenvalue weighted by atomic mass is 10.0. The molecule has 0 bridgehead atoms. The molecule has 0 aliphatic heterocycles. The predicted octanol–water partition coefficient (Wildman–Crippen LogP) is 3.30. The van der Waals surface area contributed by atoms with Gasteiger partial charge in [-0.2, -0.15) is 0 Å². The highest BCUT2D eigenvalue weighted by Gasteiger charge is 2.21. The van der Waals surface area contributed by atoms with E-state index < -0.39 is 0 Å². The summed E-state index contributed by atoms with van der Waals surface area (Å²) in [6, 6.07) is 18.7. The van der Waals surface area contributed by atoms with Crippen LogP contribution in [0.1, 0.15) is 11.1 Å². The number of amides is 1. The van der Waals surface area contributed by atoms with Gasteiger partial charge < -0.3 is 15.5 Å². The maximum Gasteiger partial charge on any atom is 0.239 e. The molecule has 3 rings (SSSR count). The van der Waals surface area contributed by atoms with Crippen LogP contribution >= 0.6 is 11.6 Å². The number of anilines is 1. The summed E-state index contributed by atoms with van der Waals surface area (Å²) >= 11 is 6.74. The Balaban J connectivity index is 1.90. The molecule has 8 heteroatoms. The summed E-state index contributed by atoms with van der Waals surface area (Å²) < 4.78 is 0. The number of halogens is 1. The van der Waals surface area contributed by atoms with Crippen LogP contribution in [-0.4, -0.2) is 60.4 Å². The van der Waals surface area contributed by atoms with Crippen molar-refractivity contribution in [2.75, 3.05) is 39.0 Å². The van der Waals surface area contributed by atoms with Crippen LogP contribution in [0.15, 0.2) is 60.7 Å². The summed E-state index contributed by atoms with van der Waals surface area (Å²) in [5.74, 6) is 0.116. The molecular formula is C23H25ClN6O. The number of hydrogen-bond acceptors (Lipinski definition) is 6. The first-order chi connectivity index (χ1) is 15.0. The molecule has 160 valence electrons. The quantitative estimate of drug-likeness (QED) is 0.447. The minimum absolute atomic E-state index is 0.00179. The fourth-order valence-corrected chi connectivity index (χ4v) is 3.27. The van der Waals surface area contributed by atoms with Crippen LogP contribution < -0.4 is 10.6 Å². The van der Waals surface area contributed by atoms with Gasteiger partial charge in [0.2, 0.25) is 5.91 Å². The summed E-state index contributed by atoms with van der Waals surface area (Å²) in [4.78, 5) is 14.2. The molecule has 0 atom stereocenters. The molecule has 1 aromatic heterocycles. The largest absolute Gasteiger partial charge is 0.359 e. The van der Waals surface area contributed by atoms with Crippen LogP contribution in [0.2, 0.25) is 5.02 Å². The topological polar surface area (TPSA) is 94.0 Å². The molecule has 2 aromatic carbocycles. The minimum Gasteiger partial charge on any atom is -0.359 e. The number of nitrogens with one attached hydrogen (secondary N) is 3. The second kappa shape index (κ2) is 10.7. The van der Waals surface area contributed by atoms with Crippen molar-refractivity contribution >= 4 is 29.0 Å². The van der Waals surface area contributed by atoms with Gasteiger partial charge in [-0.25, -0.2) is 0 Å². The van der Waals surface area contributed by atoms with E-state index >= 15 is 0 Å². The Kier molecular flexibility index (Phi) is 7.70. The highest BCUT2D eigenvalue weighted by Crippen LogP contribution is 2.33. The lowest BCUT2D eigenvalue weighted by Crippen LogP contribution is -2.35. The van der Waals surface area contributed by atoms with Crippen LogP contribution in [0.3, 0.4) is 0 Å². The van der Waals surface area contributed by atoms with Crippen molar-refractivity contribution in [3.8, 4) is 11.3 Å². The lowest BCUT2D eigenvalue weighted by Gasteiger charge is -2.16. The van der Waals surface area contributed by atoms with Crippen molar-refractivity contribution in [2.45, 2.75) is 0 Å². The van der Waals surface area contributed by atoms with Gasteiger partial charge in [-0.15, -0.1) is 10.2 Å². The zero-order valence-corrected chi connectivity index (χ0v) is 18.3. The van der Waals surface area contributed by atoms with E-state index in [-0.39, 0.29) is 18.2 Å². The fraction of sp³-hybridized carbons (Fsp3) is 0.217. The van der Waals surface area contributed by atoms with Gasteiger partial charge in [0.15, 0.2) is 5.82 Å². The molecular weight excluding hydrogens is 412 g/mol. The first kappa shape index (κ1) is 22.4. The molecule has 0 saturated heterocycles. The molecule has 0 spiro atoms. The van der Waals surface area contributed by atoms with Crippen molar-refractivity contribution in [2.24, 2.45) is 0 Å². The average Bonchev–Trinajstić information content (AvgIpc) is 2.78. The number of nitrogens with zero attached hydrogens (tertiary/aromatic N) is 3. The molecule has 1 heterocycles. The second-order valence-corrected chi connectivity index (χ2v) is 7.58. The Hall–Kier alpha value is -3.29. The zero-order chi connectivity index (χ0) is 22.2. The van der Waals surface area contributed by atoms with Crippen LogP contribution in [0.4, 0.5) is 5.82 Å². The zero-order valence-electron chi connectivity index (χ0n) is 17.5. The van der Waals surface area contributed by atoms with E-state index in [1.807, 2.05) is 79.7 Å². The highest BCUT2D eigenvalue weighted by molar-refractivity contribution is 6.38. The van der Waals surface area contributed by atoms with Crippen LogP contribution in [0.5, 0.6) is 0 Å². The molecule has 3 aromatic rings. The van der Waals surface area contributed by atoms with Crippen LogP contribution in [0.25, 0.3) is 11.3 Å². The molecule has 3 N–H and O–H groups in total. The molecule has 0 radical (unpaired) electrons. The standard InChI is InChI=1S/C23H25ClN6O/c1-30(2)14-13-26-18(31)15-27-23-19(21(25)16-9-5-3-6-10-16)20(24)22(28-29-23)17-11-7-4-8-12-17/h3-12,25H,13-15H2,1-2H3,(H,26,31)(H,27,29). The van der Waals surface area contributed by atoms with E-state index in [2.05, 4.69) is 20.8 Å². The molecule has 0 aliphatic carbocycles. The monoisotopic (exact) mass is 436 g/mol. The van der Waals surface area contributed by atoms with E-state index in [0.717, 1.165) is 12.1 Å². The van der Waals surface area contributed by atoms with E-state index in [0.29, 0.717) is 34.2 Å².